The Morgan fingerprint density at radius 3 is 2.47 bits per heavy atom. The Morgan fingerprint density at radius 1 is 1.12 bits per heavy atom. The fourth-order valence-electron chi connectivity index (χ4n) is 1.33. The van der Waals surface area contributed by atoms with Gasteiger partial charge in [0.25, 0.3) is 0 Å². The number of benzene rings is 1. The number of hydrogen-bond acceptors (Lipinski definition) is 3. The molecule has 2 rings (SSSR count). The smallest absolute Gasteiger partial charge is 0.169 e. The molecule has 0 aliphatic rings. The maximum atomic E-state index is 13.6. The van der Waals surface area contributed by atoms with Gasteiger partial charge in [0.1, 0.15) is 11.5 Å². The van der Waals surface area contributed by atoms with E-state index in [-0.39, 0.29) is 5.75 Å². The predicted octanol–water partition coefficient (Wildman–Crippen LogP) is 3.33. The third kappa shape index (κ3) is 2.72. The van der Waals surface area contributed by atoms with Crippen LogP contribution in [0.15, 0.2) is 36.5 Å². The molecule has 0 N–H and O–H groups in total. The van der Waals surface area contributed by atoms with E-state index in [9.17, 15) is 4.39 Å². The van der Waals surface area contributed by atoms with Gasteiger partial charge >= 0.3 is 0 Å². The minimum atomic E-state index is -0.468. The lowest BCUT2D eigenvalue weighted by Gasteiger charge is -2.07. The van der Waals surface area contributed by atoms with E-state index in [0.717, 1.165) is 5.69 Å². The molecule has 0 aliphatic heterocycles. The van der Waals surface area contributed by atoms with E-state index >= 15 is 0 Å². The first-order valence-corrected chi connectivity index (χ1v) is 5.13. The number of pyridine rings is 1. The monoisotopic (exact) mass is 233 g/mol. The molecular weight excluding hydrogens is 221 g/mol. The second kappa shape index (κ2) is 4.82. The van der Waals surface area contributed by atoms with Gasteiger partial charge in [-0.25, -0.2) is 4.39 Å². The zero-order valence-electron chi connectivity index (χ0n) is 9.61. The third-order valence-electron chi connectivity index (χ3n) is 2.25. The quantitative estimate of drug-likeness (QED) is 0.814. The summed E-state index contributed by atoms with van der Waals surface area (Å²) >= 11 is 0. The molecule has 2 aromatic rings. The molecule has 1 heterocycles. The van der Waals surface area contributed by atoms with Crippen LogP contribution in [0.4, 0.5) is 4.39 Å². The molecule has 1 aromatic carbocycles. The van der Waals surface area contributed by atoms with Crippen LogP contribution in [0.3, 0.4) is 0 Å². The standard InChI is InChI=1S/C13H12FNO2/c1-9-3-4-11(8-15-9)17-13-6-5-10(16-2)7-12(13)14/h3-8H,1-2H3. The van der Waals surface area contributed by atoms with Gasteiger partial charge in [0.15, 0.2) is 11.6 Å². The Balaban J connectivity index is 2.21. The van der Waals surface area contributed by atoms with Crippen molar-refractivity contribution in [1.29, 1.82) is 0 Å². The largest absolute Gasteiger partial charge is 0.497 e. The van der Waals surface area contributed by atoms with Gasteiger partial charge in [-0.1, -0.05) is 0 Å². The van der Waals surface area contributed by atoms with Crippen LogP contribution in [0, 0.1) is 12.7 Å². The summed E-state index contributed by atoms with van der Waals surface area (Å²) in [6.07, 6.45) is 1.55. The van der Waals surface area contributed by atoms with Gasteiger partial charge < -0.3 is 9.47 Å². The van der Waals surface area contributed by atoms with Crippen molar-refractivity contribution in [3.63, 3.8) is 0 Å². The number of aryl methyl sites for hydroxylation is 1. The molecule has 0 radical (unpaired) electrons. The van der Waals surface area contributed by atoms with Crippen LogP contribution in [-0.4, -0.2) is 12.1 Å². The van der Waals surface area contributed by atoms with Crippen molar-refractivity contribution in [2.24, 2.45) is 0 Å². The van der Waals surface area contributed by atoms with E-state index in [4.69, 9.17) is 9.47 Å². The fraction of sp³-hybridized carbons (Fsp3) is 0.154. The Bertz CT molecular complexity index is 511. The maximum absolute atomic E-state index is 13.6. The Morgan fingerprint density at radius 2 is 1.88 bits per heavy atom. The molecule has 0 fully saturated rings. The van der Waals surface area contributed by atoms with E-state index < -0.39 is 5.82 Å². The highest BCUT2D eigenvalue weighted by atomic mass is 19.1. The van der Waals surface area contributed by atoms with Crippen LogP contribution < -0.4 is 9.47 Å². The second-order valence-electron chi connectivity index (χ2n) is 3.53. The first kappa shape index (κ1) is 11.4. The van der Waals surface area contributed by atoms with Crippen molar-refractivity contribution in [3.8, 4) is 17.2 Å². The number of nitrogens with zero attached hydrogens (tertiary/aromatic N) is 1. The Kier molecular flexibility index (Phi) is 3.23. The number of methoxy groups -OCH3 is 1. The summed E-state index contributed by atoms with van der Waals surface area (Å²) in [5.74, 6) is 0.637. The van der Waals surface area contributed by atoms with Crippen LogP contribution in [0.5, 0.6) is 17.2 Å². The van der Waals surface area contributed by atoms with Gasteiger partial charge in [-0.2, -0.15) is 0 Å². The number of ether oxygens (including phenoxy) is 2. The average Bonchev–Trinajstić information content (AvgIpc) is 2.34. The molecule has 0 bridgehead atoms. The van der Waals surface area contributed by atoms with Gasteiger partial charge in [0, 0.05) is 11.8 Å². The summed E-state index contributed by atoms with van der Waals surface area (Å²) in [5, 5.41) is 0. The molecule has 0 saturated carbocycles. The van der Waals surface area contributed by atoms with Crippen LogP contribution in [0.1, 0.15) is 5.69 Å². The zero-order valence-corrected chi connectivity index (χ0v) is 9.61. The number of halogens is 1. The lowest BCUT2D eigenvalue weighted by Crippen LogP contribution is -1.91. The Hall–Kier alpha value is -2.10. The second-order valence-corrected chi connectivity index (χ2v) is 3.53. The molecule has 88 valence electrons. The van der Waals surface area contributed by atoms with Gasteiger partial charge in [0.05, 0.1) is 13.3 Å². The number of aromatic nitrogens is 1. The fourth-order valence-corrected chi connectivity index (χ4v) is 1.33. The van der Waals surface area contributed by atoms with Crippen molar-refractivity contribution in [3.05, 3.63) is 48.0 Å². The van der Waals surface area contributed by atoms with Gasteiger partial charge in [-0.3, -0.25) is 4.98 Å². The van der Waals surface area contributed by atoms with E-state index in [0.29, 0.717) is 11.5 Å². The van der Waals surface area contributed by atoms with Crippen LogP contribution in [0.2, 0.25) is 0 Å². The minimum Gasteiger partial charge on any atom is -0.497 e. The molecule has 0 saturated heterocycles. The summed E-state index contributed by atoms with van der Waals surface area (Å²) < 4.78 is 23.9. The molecule has 0 unspecified atom stereocenters. The summed E-state index contributed by atoms with van der Waals surface area (Å²) in [6, 6.07) is 7.98. The molecule has 17 heavy (non-hydrogen) atoms. The summed E-state index contributed by atoms with van der Waals surface area (Å²) in [4.78, 5) is 4.07. The van der Waals surface area contributed by atoms with Crippen molar-refractivity contribution < 1.29 is 13.9 Å². The Labute approximate surface area is 98.8 Å². The van der Waals surface area contributed by atoms with Crippen molar-refractivity contribution in [2.75, 3.05) is 7.11 Å². The van der Waals surface area contributed by atoms with Crippen LogP contribution in [-0.2, 0) is 0 Å². The van der Waals surface area contributed by atoms with E-state index in [1.807, 2.05) is 6.92 Å². The molecule has 1 aromatic heterocycles. The normalized spacial score (nSPS) is 10.1. The highest BCUT2D eigenvalue weighted by Gasteiger charge is 2.06. The minimum absolute atomic E-state index is 0.149. The predicted molar refractivity (Wildman–Crippen MR) is 62.0 cm³/mol. The zero-order chi connectivity index (χ0) is 12.3. The van der Waals surface area contributed by atoms with Crippen molar-refractivity contribution in [2.45, 2.75) is 6.92 Å². The van der Waals surface area contributed by atoms with E-state index in [1.165, 1.54) is 19.2 Å². The molecule has 0 aliphatic carbocycles. The van der Waals surface area contributed by atoms with Crippen molar-refractivity contribution >= 4 is 0 Å². The van der Waals surface area contributed by atoms with Gasteiger partial charge in [-0.05, 0) is 31.2 Å². The van der Waals surface area contributed by atoms with E-state index in [2.05, 4.69) is 4.98 Å². The SMILES string of the molecule is COc1ccc(Oc2ccc(C)nc2)c(F)c1. The van der Waals surface area contributed by atoms with Crippen LogP contribution in [0.25, 0.3) is 0 Å². The van der Waals surface area contributed by atoms with Crippen molar-refractivity contribution in [1.82, 2.24) is 4.98 Å². The maximum Gasteiger partial charge on any atom is 0.169 e. The molecule has 0 atom stereocenters. The molecule has 3 nitrogen and oxygen atoms in total. The average molecular weight is 233 g/mol. The summed E-state index contributed by atoms with van der Waals surface area (Å²) in [6.45, 7) is 1.87. The third-order valence-corrected chi connectivity index (χ3v) is 2.25. The van der Waals surface area contributed by atoms with Gasteiger partial charge in [-0.15, -0.1) is 0 Å². The lowest BCUT2D eigenvalue weighted by atomic mass is 10.3. The summed E-state index contributed by atoms with van der Waals surface area (Å²) in [7, 11) is 1.49. The lowest BCUT2D eigenvalue weighted by molar-refractivity contribution is 0.402. The molecular formula is C13H12FNO2. The topological polar surface area (TPSA) is 31.4 Å². The molecule has 0 amide bonds. The molecule has 0 spiro atoms. The highest BCUT2D eigenvalue weighted by Crippen LogP contribution is 2.26. The first-order chi connectivity index (χ1) is 8.19. The molecule has 4 heteroatoms. The highest BCUT2D eigenvalue weighted by molar-refractivity contribution is 5.36. The van der Waals surface area contributed by atoms with Crippen LogP contribution >= 0.6 is 0 Å². The van der Waals surface area contributed by atoms with E-state index in [1.54, 1.807) is 24.4 Å². The van der Waals surface area contributed by atoms with Gasteiger partial charge in [0.2, 0.25) is 0 Å². The number of hydrogen-bond donors (Lipinski definition) is 0. The first-order valence-electron chi connectivity index (χ1n) is 5.13. The number of rotatable bonds is 3. The summed E-state index contributed by atoms with van der Waals surface area (Å²) in [5.41, 5.74) is 0.882.